The maximum absolute atomic E-state index is 6.00. The van der Waals surface area contributed by atoms with Crippen molar-refractivity contribution < 1.29 is 4.74 Å². The van der Waals surface area contributed by atoms with Gasteiger partial charge < -0.3 is 20.4 Å². The number of aryl methyl sites for hydroxylation is 2. The zero-order valence-electron chi connectivity index (χ0n) is 16.3. The lowest BCUT2D eigenvalue weighted by molar-refractivity contribution is 0.306. The second-order valence-corrected chi connectivity index (χ2v) is 7.32. The molecular weight excluding hydrogens is 362 g/mol. The highest BCUT2D eigenvalue weighted by Gasteiger charge is 2.13. The predicted molar refractivity (Wildman–Crippen MR) is 116 cm³/mol. The molecule has 5 aromatic rings. The number of imidazole rings is 1. The number of H-pyrrole nitrogens is 2. The summed E-state index contributed by atoms with van der Waals surface area (Å²) in [5, 5.41) is 1.12. The fraction of sp³-hybridized carbons (Fsp3) is 0.130. The average Bonchev–Trinajstić information content (AvgIpc) is 3.29. The normalized spacial score (nSPS) is 11.4. The molecule has 0 atom stereocenters. The van der Waals surface area contributed by atoms with Gasteiger partial charge in [0.15, 0.2) is 5.65 Å². The van der Waals surface area contributed by atoms with Crippen LogP contribution in [0.25, 0.3) is 33.3 Å². The molecular formula is C23H21N5O. The minimum absolute atomic E-state index is 0.449. The minimum Gasteiger partial charge on any atom is -0.489 e. The average molecular weight is 383 g/mol. The lowest BCUT2D eigenvalue weighted by Crippen LogP contribution is -1.95. The van der Waals surface area contributed by atoms with Crippen molar-refractivity contribution in [2.24, 2.45) is 0 Å². The maximum Gasteiger partial charge on any atom is 0.180 e. The van der Waals surface area contributed by atoms with E-state index in [9.17, 15) is 0 Å². The van der Waals surface area contributed by atoms with E-state index >= 15 is 0 Å². The van der Waals surface area contributed by atoms with Gasteiger partial charge in [-0.05, 0) is 55.8 Å². The van der Waals surface area contributed by atoms with Gasteiger partial charge >= 0.3 is 0 Å². The third-order valence-electron chi connectivity index (χ3n) is 5.00. The molecule has 2 aromatic carbocycles. The fourth-order valence-electron chi connectivity index (χ4n) is 3.55. The summed E-state index contributed by atoms with van der Waals surface area (Å²) in [4.78, 5) is 15.5. The Morgan fingerprint density at radius 2 is 1.76 bits per heavy atom. The van der Waals surface area contributed by atoms with Crippen molar-refractivity contribution in [2.45, 2.75) is 20.5 Å². The van der Waals surface area contributed by atoms with Gasteiger partial charge in [0.2, 0.25) is 0 Å². The number of aromatic amines is 2. The number of aromatic nitrogens is 4. The third kappa shape index (κ3) is 3.29. The summed E-state index contributed by atoms with van der Waals surface area (Å²) >= 11 is 0. The van der Waals surface area contributed by atoms with Crippen molar-refractivity contribution in [3.05, 3.63) is 71.5 Å². The molecule has 6 heteroatoms. The van der Waals surface area contributed by atoms with E-state index in [2.05, 4.69) is 63.3 Å². The van der Waals surface area contributed by atoms with Gasteiger partial charge in [0, 0.05) is 22.2 Å². The second-order valence-electron chi connectivity index (χ2n) is 7.32. The molecule has 5 rings (SSSR count). The van der Waals surface area contributed by atoms with Crippen LogP contribution in [0.5, 0.6) is 5.75 Å². The number of nitrogens with one attached hydrogen (secondary N) is 2. The van der Waals surface area contributed by atoms with Crippen molar-refractivity contribution in [1.29, 1.82) is 0 Å². The molecule has 0 aliphatic carbocycles. The first-order chi connectivity index (χ1) is 14.0. The Kier molecular flexibility index (Phi) is 3.98. The van der Waals surface area contributed by atoms with Crippen molar-refractivity contribution in [3.8, 4) is 17.0 Å². The topological polar surface area (TPSA) is 92.6 Å². The largest absolute Gasteiger partial charge is 0.489 e. The van der Waals surface area contributed by atoms with Gasteiger partial charge in [-0.3, -0.25) is 0 Å². The van der Waals surface area contributed by atoms with Crippen LogP contribution in [0.2, 0.25) is 0 Å². The van der Waals surface area contributed by atoms with Crippen LogP contribution in [0.15, 0.2) is 54.6 Å². The fourth-order valence-corrected chi connectivity index (χ4v) is 3.55. The van der Waals surface area contributed by atoms with E-state index in [1.54, 1.807) is 0 Å². The number of hydrogen-bond acceptors (Lipinski definition) is 4. The highest BCUT2D eigenvalue weighted by atomic mass is 16.5. The van der Waals surface area contributed by atoms with Crippen LogP contribution in [-0.4, -0.2) is 19.9 Å². The van der Waals surface area contributed by atoms with Crippen LogP contribution in [0.1, 0.15) is 17.0 Å². The Bertz CT molecular complexity index is 1330. The molecule has 0 aliphatic heterocycles. The molecule has 3 aromatic heterocycles. The van der Waals surface area contributed by atoms with E-state index in [0.29, 0.717) is 18.1 Å². The Labute approximate surface area is 167 Å². The Morgan fingerprint density at radius 1 is 0.931 bits per heavy atom. The second kappa shape index (κ2) is 6.67. The molecule has 0 saturated carbocycles. The van der Waals surface area contributed by atoms with E-state index in [0.717, 1.165) is 44.8 Å². The molecule has 0 amide bonds. The quantitative estimate of drug-likeness (QED) is 0.412. The first-order valence-corrected chi connectivity index (χ1v) is 9.49. The summed E-state index contributed by atoms with van der Waals surface area (Å²) in [6.45, 7) is 4.49. The first-order valence-electron chi connectivity index (χ1n) is 9.49. The van der Waals surface area contributed by atoms with Crippen LogP contribution in [0.4, 0.5) is 5.82 Å². The number of rotatable bonds is 4. The number of nitrogens with zero attached hydrogens (tertiary/aromatic N) is 2. The summed E-state index contributed by atoms with van der Waals surface area (Å²) in [7, 11) is 0. The monoisotopic (exact) mass is 383 g/mol. The van der Waals surface area contributed by atoms with Crippen LogP contribution in [0, 0.1) is 13.8 Å². The number of ether oxygens (including phenoxy) is 1. The molecule has 3 heterocycles. The molecule has 144 valence electrons. The highest BCUT2D eigenvalue weighted by Crippen LogP contribution is 2.30. The molecule has 0 spiro atoms. The first kappa shape index (κ1) is 17.3. The summed E-state index contributed by atoms with van der Waals surface area (Å²) in [6, 6.07) is 18.4. The number of pyridine rings is 1. The summed E-state index contributed by atoms with van der Waals surface area (Å²) in [5.41, 5.74) is 12.8. The number of nitrogens with two attached hydrogens (primary N) is 1. The molecule has 0 bridgehead atoms. The Morgan fingerprint density at radius 3 is 2.59 bits per heavy atom. The number of nitrogen functional groups attached to an aromatic ring is 1. The van der Waals surface area contributed by atoms with Gasteiger partial charge in [0.05, 0.1) is 5.52 Å². The summed E-state index contributed by atoms with van der Waals surface area (Å²) in [6.07, 6.45) is 0. The molecule has 0 saturated heterocycles. The van der Waals surface area contributed by atoms with Crippen LogP contribution in [0.3, 0.4) is 0 Å². The third-order valence-corrected chi connectivity index (χ3v) is 5.00. The standard InChI is InChI=1S/C23H21N5O/c1-13-3-6-17(7-4-13)29-12-15-5-8-19-16(9-15)10-20(27-19)18-11-21(24)28-23-22(18)25-14(2)26-23/h3-11,27H,12H2,1-2H3,(H3,24,25,26,28). The SMILES string of the molecule is Cc1ccc(OCc2ccc3[nH]c(-c4cc(N)nc5nc(C)[nH]c45)cc3c2)cc1. The highest BCUT2D eigenvalue weighted by molar-refractivity contribution is 5.95. The number of hydrogen-bond donors (Lipinski definition) is 3. The zero-order valence-corrected chi connectivity index (χ0v) is 16.3. The zero-order chi connectivity index (χ0) is 20.0. The lowest BCUT2D eigenvalue weighted by Gasteiger charge is -2.06. The number of anilines is 1. The van der Waals surface area contributed by atoms with E-state index in [1.807, 2.05) is 25.1 Å². The van der Waals surface area contributed by atoms with Crippen molar-refractivity contribution in [3.63, 3.8) is 0 Å². The van der Waals surface area contributed by atoms with E-state index in [1.165, 1.54) is 5.56 Å². The van der Waals surface area contributed by atoms with Crippen LogP contribution >= 0.6 is 0 Å². The van der Waals surface area contributed by atoms with Crippen LogP contribution < -0.4 is 10.5 Å². The Hall–Kier alpha value is -3.80. The van der Waals surface area contributed by atoms with Gasteiger partial charge in [0.1, 0.15) is 24.0 Å². The predicted octanol–water partition coefficient (Wildman–Crippen LogP) is 4.88. The van der Waals surface area contributed by atoms with E-state index in [-0.39, 0.29) is 0 Å². The van der Waals surface area contributed by atoms with Gasteiger partial charge in [-0.15, -0.1) is 0 Å². The Balaban J connectivity index is 1.47. The molecule has 0 radical (unpaired) electrons. The van der Waals surface area contributed by atoms with Crippen LogP contribution in [-0.2, 0) is 6.61 Å². The lowest BCUT2D eigenvalue weighted by atomic mass is 10.1. The number of benzene rings is 2. The minimum atomic E-state index is 0.449. The summed E-state index contributed by atoms with van der Waals surface area (Å²) < 4.78 is 5.92. The maximum atomic E-state index is 6.00. The molecule has 0 fully saturated rings. The van der Waals surface area contributed by atoms with E-state index in [4.69, 9.17) is 10.5 Å². The molecule has 0 unspecified atom stereocenters. The van der Waals surface area contributed by atoms with Gasteiger partial charge in [-0.1, -0.05) is 23.8 Å². The van der Waals surface area contributed by atoms with Crippen molar-refractivity contribution in [1.82, 2.24) is 19.9 Å². The molecule has 29 heavy (non-hydrogen) atoms. The molecule has 4 N–H and O–H groups in total. The van der Waals surface area contributed by atoms with Gasteiger partial charge in [-0.25, -0.2) is 9.97 Å². The molecule has 0 aliphatic rings. The molecule has 6 nitrogen and oxygen atoms in total. The van der Waals surface area contributed by atoms with E-state index < -0.39 is 0 Å². The smallest absolute Gasteiger partial charge is 0.180 e. The van der Waals surface area contributed by atoms with Gasteiger partial charge in [-0.2, -0.15) is 0 Å². The van der Waals surface area contributed by atoms with Crippen molar-refractivity contribution >= 4 is 27.9 Å². The van der Waals surface area contributed by atoms with Gasteiger partial charge in [0.25, 0.3) is 0 Å². The summed E-state index contributed by atoms with van der Waals surface area (Å²) in [5.74, 6) is 2.13. The number of fused-ring (bicyclic) bond motifs is 2. The van der Waals surface area contributed by atoms with Crippen molar-refractivity contribution in [2.75, 3.05) is 5.73 Å².